The van der Waals surface area contributed by atoms with Crippen LogP contribution in [-0.2, 0) is 0 Å². The van der Waals surface area contributed by atoms with E-state index in [9.17, 15) is 4.79 Å². The fourth-order valence-electron chi connectivity index (χ4n) is 3.26. The average Bonchev–Trinajstić information content (AvgIpc) is 3.55. The molecule has 5 aromatic rings. The molecule has 32 heavy (non-hydrogen) atoms. The van der Waals surface area contributed by atoms with Gasteiger partial charge in [-0.15, -0.1) is 0 Å². The monoisotopic (exact) mass is 423 g/mol. The summed E-state index contributed by atoms with van der Waals surface area (Å²) in [5, 5.41) is 0. The number of aromatic nitrogens is 3. The molecule has 0 aliphatic heterocycles. The van der Waals surface area contributed by atoms with Crippen molar-refractivity contribution in [2.24, 2.45) is 0 Å². The SMILES string of the molecule is COc1cccc(-c2ncc(-c3cccc(-c4cnc(-c5cccc(C=O)c5)o4)n3)o2)c1. The van der Waals surface area contributed by atoms with Gasteiger partial charge in [0.1, 0.15) is 23.4 Å². The fourth-order valence-corrected chi connectivity index (χ4v) is 3.26. The van der Waals surface area contributed by atoms with Gasteiger partial charge < -0.3 is 13.6 Å². The van der Waals surface area contributed by atoms with Gasteiger partial charge in [0, 0.05) is 16.7 Å². The van der Waals surface area contributed by atoms with Gasteiger partial charge in [-0.1, -0.05) is 24.3 Å². The molecule has 0 aliphatic rings. The Hall–Kier alpha value is -4.52. The van der Waals surface area contributed by atoms with Gasteiger partial charge in [-0.3, -0.25) is 4.79 Å². The predicted octanol–water partition coefficient (Wildman–Crippen LogP) is 5.55. The van der Waals surface area contributed by atoms with E-state index < -0.39 is 0 Å². The molecule has 0 bridgehead atoms. The predicted molar refractivity (Wildman–Crippen MR) is 118 cm³/mol. The van der Waals surface area contributed by atoms with Crippen LogP contribution in [0.2, 0.25) is 0 Å². The van der Waals surface area contributed by atoms with Crippen LogP contribution in [-0.4, -0.2) is 28.3 Å². The Morgan fingerprint density at radius 3 is 2.00 bits per heavy atom. The maximum Gasteiger partial charge on any atom is 0.226 e. The van der Waals surface area contributed by atoms with Crippen molar-refractivity contribution >= 4 is 6.29 Å². The molecule has 0 atom stereocenters. The van der Waals surface area contributed by atoms with Crippen LogP contribution in [0, 0.1) is 0 Å². The van der Waals surface area contributed by atoms with E-state index in [2.05, 4.69) is 15.0 Å². The zero-order chi connectivity index (χ0) is 21.9. The Labute approximate surface area is 183 Å². The van der Waals surface area contributed by atoms with E-state index in [1.165, 1.54) is 0 Å². The molecular weight excluding hydrogens is 406 g/mol. The summed E-state index contributed by atoms with van der Waals surface area (Å²) in [6, 6.07) is 20.1. The Morgan fingerprint density at radius 1 is 0.781 bits per heavy atom. The molecule has 0 saturated heterocycles. The van der Waals surface area contributed by atoms with Crippen LogP contribution in [0.1, 0.15) is 10.4 Å². The third-order valence-electron chi connectivity index (χ3n) is 4.85. The number of hydrogen-bond donors (Lipinski definition) is 0. The third kappa shape index (κ3) is 3.79. The lowest BCUT2D eigenvalue weighted by atomic mass is 10.1. The van der Waals surface area contributed by atoms with Crippen LogP contribution in [0.5, 0.6) is 5.75 Å². The van der Waals surface area contributed by atoms with E-state index in [1.54, 1.807) is 37.7 Å². The Bertz CT molecular complexity index is 1400. The molecule has 7 nitrogen and oxygen atoms in total. The minimum atomic E-state index is 0.413. The molecule has 0 saturated carbocycles. The molecular formula is C25H17N3O4. The van der Waals surface area contributed by atoms with Crippen molar-refractivity contribution in [2.75, 3.05) is 7.11 Å². The first-order valence-corrected chi connectivity index (χ1v) is 9.83. The Morgan fingerprint density at radius 2 is 1.38 bits per heavy atom. The third-order valence-corrected chi connectivity index (χ3v) is 4.85. The Balaban J connectivity index is 1.44. The quantitative estimate of drug-likeness (QED) is 0.331. The first-order chi connectivity index (χ1) is 15.7. The maximum atomic E-state index is 11.0. The van der Waals surface area contributed by atoms with E-state index in [0.717, 1.165) is 23.2 Å². The molecule has 5 rings (SSSR count). The van der Waals surface area contributed by atoms with Crippen LogP contribution in [0.4, 0.5) is 0 Å². The van der Waals surface area contributed by atoms with Gasteiger partial charge in [-0.05, 0) is 42.5 Å². The van der Waals surface area contributed by atoms with E-state index in [0.29, 0.717) is 40.3 Å². The summed E-state index contributed by atoms with van der Waals surface area (Å²) in [4.78, 5) is 24.4. The maximum absolute atomic E-state index is 11.0. The minimum Gasteiger partial charge on any atom is -0.497 e. The van der Waals surface area contributed by atoms with Gasteiger partial charge >= 0.3 is 0 Å². The molecule has 2 aromatic carbocycles. The summed E-state index contributed by atoms with van der Waals surface area (Å²) >= 11 is 0. The molecule has 3 heterocycles. The zero-order valence-corrected chi connectivity index (χ0v) is 17.1. The summed E-state index contributed by atoms with van der Waals surface area (Å²) in [7, 11) is 1.61. The number of nitrogens with zero attached hydrogens (tertiary/aromatic N) is 3. The largest absolute Gasteiger partial charge is 0.497 e. The zero-order valence-electron chi connectivity index (χ0n) is 17.1. The van der Waals surface area contributed by atoms with E-state index in [4.69, 9.17) is 13.6 Å². The Kier molecular flexibility index (Phi) is 5.05. The normalized spacial score (nSPS) is 10.8. The lowest BCUT2D eigenvalue weighted by Gasteiger charge is -2.01. The number of aldehydes is 1. The second-order valence-electron chi connectivity index (χ2n) is 6.94. The number of benzene rings is 2. The summed E-state index contributed by atoms with van der Waals surface area (Å²) in [6.45, 7) is 0. The molecule has 0 spiro atoms. The average molecular weight is 423 g/mol. The highest BCUT2D eigenvalue weighted by atomic mass is 16.5. The number of rotatable bonds is 6. The smallest absolute Gasteiger partial charge is 0.226 e. The van der Waals surface area contributed by atoms with Crippen molar-refractivity contribution in [3.05, 3.63) is 84.7 Å². The molecule has 0 fully saturated rings. The summed E-state index contributed by atoms with van der Waals surface area (Å²) in [5.41, 5.74) is 3.30. The molecule has 7 heteroatoms. The fraction of sp³-hybridized carbons (Fsp3) is 0.0400. The van der Waals surface area contributed by atoms with Gasteiger partial charge in [0.2, 0.25) is 11.8 Å². The van der Waals surface area contributed by atoms with Crippen molar-refractivity contribution in [3.8, 4) is 51.6 Å². The standard InChI is InChI=1S/C25H17N3O4/c1-30-19-8-3-7-18(12-19)25-27-14-23(32-25)21-10-4-9-20(28-21)22-13-26-24(31-22)17-6-2-5-16(11-17)15-29/h2-15H,1H3. The van der Waals surface area contributed by atoms with E-state index in [1.807, 2.05) is 48.5 Å². The number of methoxy groups -OCH3 is 1. The van der Waals surface area contributed by atoms with Crippen LogP contribution in [0.25, 0.3) is 45.8 Å². The number of hydrogen-bond acceptors (Lipinski definition) is 7. The summed E-state index contributed by atoms with van der Waals surface area (Å²) in [6.07, 6.45) is 4.03. The second kappa shape index (κ2) is 8.31. The van der Waals surface area contributed by atoms with Crippen molar-refractivity contribution < 1.29 is 18.4 Å². The number of carbonyl (C=O) groups is 1. The highest BCUT2D eigenvalue weighted by Crippen LogP contribution is 2.30. The van der Waals surface area contributed by atoms with Gasteiger partial charge in [0.25, 0.3) is 0 Å². The molecule has 156 valence electrons. The number of pyridine rings is 1. The van der Waals surface area contributed by atoms with Gasteiger partial charge in [-0.25, -0.2) is 15.0 Å². The van der Waals surface area contributed by atoms with Crippen molar-refractivity contribution in [1.82, 2.24) is 15.0 Å². The van der Waals surface area contributed by atoms with E-state index in [-0.39, 0.29) is 0 Å². The molecule has 0 N–H and O–H groups in total. The van der Waals surface area contributed by atoms with Gasteiger partial charge in [-0.2, -0.15) is 0 Å². The van der Waals surface area contributed by atoms with Crippen molar-refractivity contribution in [3.63, 3.8) is 0 Å². The molecule has 0 radical (unpaired) electrons. The van der Waals surface area contributed by atoms with Gasteiger partial charge in [0.05, 0.1) is 19.5 Å². The van der Waals surface area contributed by atoms with E-state index >= 15 is 0 Å². The first-order valence-electron chi connectivity index (χ1n) is 9.83. The molecule has 0 amide bonds. The van der Waals surface area contributed by atoms with Crippen LogP contribution >= 0.6 is 0 Å². The summed E-state index contributed by atoms with van der Waals surface area (Å²) < 4.78 is 17.1. The molecule has 3 aromatic heterocycles. The second-order valence-corrected chi connectivity index (χ2v) is 6.94. The first kappa shape index (κ1) is 19.4. The lowest BCUT2D eigenvalue weighted by Crippen LogP contribution is -1.85. The highest BCUT2D eigenvalue weighted by molar-refractivity contribution is 5.77. The lowest BCUT2D eigenvalue weighted by molar-refractivity contribution is 0.112. The minimum absolute atomic E-state index is 0.413. The van der Waals surface area contributed by atoms with Crippen LogP contribution < -0.4 is 4.74 Å². The van der Waals surface area contributed by atoms with Crippen LogP contribution in [0.15, 0.2) is 88.0 Å². The van der Waals surface area contributed by atoms with Crippen LogP contribution in [0.3, 0.4) is 0 Å². The number of carbonyl (C=O) groups excluding carboxylic acids is 1. The topological polar surface area (TPSA) is 91.2 Å². The number of oxazole rings is 2. The number of ether oxygens (including phenoxy) is 1. The van der Waals surface area contributed by atoms with Crippen molar-refractivity contribution in [1.29, 1.82) is 0 Å². The van der Waals surface area contributed by atoms with Gasteiger partial charge in [0.15, 0.2) is 11.5 Å². The summed E-state index contributed by atoms with van der Waals surface area (Å²) in [5.74, 6) is 2.65. The molecule has 0 aliphatic carbocycles. The highest BCUT2D eigenvalue weighted by Gasteiger charge is 2.14. The van der Waals surface area contributed by atoms with Crippen molar-refractivity contribution in [2.45, 2.75) is 0 Å². The molecule has 0 unspecified atom stereocenters.